The summed E-state index contributed by atoms with van der Waals surface area (Å²) in [5.74, 6) is -0.535. The first-order valence-corrected chi connectivity index (χ1v) is 11.0. The number of hydrogen-bond acceptors (Lipinski definition) is 7. The van der Waals surface area contributed by atoms with E-state index >= 15 is 0 Å². The van der Waals surface area contributed by atoms with Gasteiger partial charge in [-0.2, -0.15) is 0 Å². The second-order valence-electron chi connectivity index (χ2n) is 8.89. The highest BCUT2D eigenvalue weighted by Gasteiger charge is 2.45. The third-order valence-corrected chi connectivity index (χ3v) is 6.91. The molecule has 3 aromatic rings. The summed E-state index contributed by atoms with van der Waals surface area (Å²) in [7, 11) is 0. The van der Waals surface area contributed by atoms with Gasteiger partial charge < -0.3 is 24.8 Å². The normalized spacial score (nSPS) is 21.2. The van der Waals surface area contributed by atoms with E-state index in [1.807, 2.05) is 18.2 Å². The molecule has 8 heteroatoms. The van der Waals surface area contributed by atoms with Gasteiger partial charge in [0.1, 0.15) is 12.4 Å². The predicted octanol–water partition coefficient (Wildman–Crippen LogP) is 2.04. The molecule has 0 spiro atoms. The summed E-state index contributed by atoms with van der Waals surface area (Å²) >= 11 is 0. The summed E-state index contributed by atoms with van der Waals surface area (Å²) in [6, 6.07) is 7.85. The summed E-state index contributed by atoms with van der Waals surface area (Å²) in [6.45, 7) is 2.43. The first kappa shape index (κ1) is 19.5. The maximum Gasteiger partial charge on any atom is 0.343 e. The van der Waals surface area contributed by atoms with Crippen LogP contribution in [0.2, 0.25) is 0 Å². The Balaban J connectivity index is 1.49. The van der Waals surface area contributed by atoms with Crippen LogP contribution in [0.5, 0.6) is 5.75 Å². The fourth-order valence-electron chi connectivity index (χ4n) is 4.77. The number of fused-ring (bicyclic) bond motifs is 5. The van der Waals surface area contributed by atoms with E-state index in [0.717, 1.165) is 11.1 Å². The number of nitrogens with one attached hydrogen (secondary N) is 1. The Hall–Kier alpha value is -3.23. The highest BCUT2D eigenvalue weighted by Crippen LogP contribution is 2.40. The number of phenols is 1. The number of benzene rings is 1. The van der Waals surface area contributed by atoms with Crippen molar-refractivity contribution in [2.45, 2.75) is 57.5 Å². The lowest BCUT2D eigenvalue weighted by atomic mass is 9.86. The molecular formula is C24H23N3O5. The first-order valence-electron chi connectivity index (χ1n) is 11.0. The van der Waals surface area contributed by atoms with E-state index in [2.05, 4.69) is 5.32 Å². The number of carbonyl (C=O) groups is 1. The SMILES string of the molecule is CC[C@@]1(O)C(=O)OCc2c1cc1n(c2=O)Cc2cc3c(O)c(CNC4CC4)ccc3nc2-1. The number of esters is 1. The van der Waals surface area contributed by atoms with Crippen LogP contribution in [0.3, 0.4) is 0 Å². The molecule has 8 nitrogen and oxygen atoms in total. The van der Waals surface area contributed by atoms with Gasteiger partial charge in [-0.15, -0.1) is 0 Å². The van der Waals surface area contributed by atoms with Gasteiger partial charge in [-0.05, 0) is 37.5 Å². The van der Waals surface area contributed by atoms with Crippen molar-refractivity contribution in [2.24, 2.45) is 0 Å². The van der Waals surface area contributed by atoms with Crippen molar-refractivity contribution < 1.29 is 19.7 Å². The minimum absolute atomic E-state index is 0.102. The number of carbonyl (C=O) groups excluding carboxylic acids is 1. The van der Waals surface area contributed by atoms with Crippen LogP contribution in [0.15, 0.2) is 29.1 Å². The summed E-state index contributed by atoms with van der Waals surface area (Å²) in [5.41, 5.74) is 1.90. The second kappa shape index (κ2) is 6.63. The van der Waals surface area contributed by atoms with Crippen molar-refractivity contribution >= 4 is 16.9 Å². The summed E-state index contributed by atoms with van der Waals surface area (Å²) in [5, 5.41) is 25.9. The Bertz CT molecular complexity index is 1370. The second-order valence-corrected chi connectivity index (χ2v) is 8.89. The van der Waals surface area contributed by atoms with Crippen molar-refractivity contribution in [2.75, 3.05) is 0 Å². The molecule has 1 atom stereocenters. The van der Waals surface area contributed by atoms with Crippen LogP contribution in [0, 0.1) is 0 Å². The molecule has 1 saturated carbocycles. The molecule has 2 aliphatic heterocycles. The van der Waals surface area contributed by atoms with E-state index in [9.17, 15) is 19.8 Å². The van der Waals surface area contributed by atoms with Gasteiger partial charge in [-0.25, -0.2) is 9.78 Å². The molecule has 6 rings (SSSR count). The number of hydrogen-bond donors (Lipinski definition) is 3. The minimum atomic E-state index is -1.84. The molecule has 0 saturated heterocycles. The zero-order valence-corrected chi connectivity index (χ0v) is 17.6. The number of aromatic hydroxyl groups is 1. The molecule has 0 bridgehead atoms. The van der Waals surface area contributed by atoms with Gasteiger partial charge in [0, 0.05) is 34.7 Å². The highest BCUT2D eigenvalue weighted by atomic mass is 16.6. The molecule has 0 amide bonds. The molecule has 2 aromatic heterocycles. The third kappa shape index (κ3) is 2.66. The number of aliphatic hydroxyl groups is 1. The number of rotatable bonds is 4. The molecule has 4 heterocycles. The molecule has 1 aliphatic carbocycles. The number of cyclic esters (lactones) is 1. The van der Waals surface area contributed by atoms with E-state index < -0.39 is 11.6 Å². The molecule has 3 aliphatic rings. The lowest BCUT2D eigenvalue weighted by Gasteiger charge is -2.31. The summed E-state index contributed by atoms with van der Waals surface area (Å²) < 4.78 is 6.70. The molecule has 164 valence electrons. The van der Waals surface area contributed by atoms with Crippen molar-refractivity contribution in [1.82, 2.24) is 14.9 Å². The minimum Gasteiger partial charge on any atom is -0.507 e. The molecule has 1 fully saturated rings. The van der Waals surface area contributed by atoms with Crippen LogP contribution in [0.1, 0.15) is 48.4 Å². The number of aromatic nitrogens is 2. The van der Waals surface area contributed by atoms with Crippen molar-refractivity contribution in [3.63, 3.8) is 0 Å². The Labute approximate surface area is 183 Å². The lowest BCUT2D eigenvalue weighted by Crippen LogP contribution is -2.44. The number of phenolic OH excluding ortho intramolecular Hbond substituents is 1. The van der Waals surface area contributed by atoms with Gasteiger partial charge in [0.15, 0.2) is 5.60 Å². The molecule has 0 radical (unpaired) electrons. The van der Waals surface area contributed by atoms with E-state index in [4.69, 9.17) is 9.72 Å². The third-order valence-electron chi connectivity index (χ3n) is 6.91. The van der Waals surface area contributed by atoms with E-state index in [0.29, 0.717) is 52.5 Å². The molecule has 1 aromatic carbocycles. The molecule has 32 heavy (non-hydrogen) atoms. The van der Waals surface area contributed by atoms with Crippen LogP contribution in [-0.4, -0.2) is 31.8 Å². The van der Waals surface area contributed by atoms with Crippen LogP contribution < -0.4 is 10.9 Å². The van der Waals surface area contributed by atoms with Gasteiger partial charge >= 0.3 is 5.97 Å². The monoisotopic (exact) mass is 433 g/mol. The summed E-state index contributed by atoms with van der Waals surface area (Å²) in [6.07, 6.45) is 2.44. The smallest absolute Gasteiger partial charge is 0.343 e. The maximum absolute atomic E-state index is 13.2. The van der Waals surface area contributed by atoms with Crippen LogP contribution in [0.4, 0.5) is 0 Å². The van der Waals surface area contributed by atoms with Crippen LogP contribution in [-0.2, 0) is 34.8 Å². The standard InChI is InChI=1S/C24H23N3O5/c1-2-24(31)17-8-19-20-13(10-27(19)22(29)16(17)11-32-23(24)30)7-15-18(26-20)6-3-12(21(15)28)9-25-14-4-5-14/h3,6-8,14,25,28,31H,2,4-5,9-11H2,1H3/t24-/m0/s1. The van der Waals surface area contributed by atoms with Gasteiger partial charge in [0.05, 0.1) is 29.0 Å². The maximum atomic E-state index is 13.2. The van der Waals surface area contributed by atoms with E-state index in [1.165, 1.54) is 12.8 Å². The first-order chi connectivity index (χ1) is 15.4. The Kier molecular flexibility index (Phi) is 4.03. The summed E-state index contributed by atoms with van der Waals surface area (Å²) in [4.78, 5) is 30.3. The van der Waals surface area contributed by atoms with E-state index in [1.54, 1.807) is 17.6 Å². The fraction of sp³-hybridized carbons (Fsp3) is 0.375. The molecule has 0 unspecified atom stereocenters. The molecular weight excluding hydrogens is 410 g/mol. The Morgan fingerprint density at radius 2 is 2.09 bits per heavy atom. The Morgan fingerprint density at radius 3 is 2.84 bits per heavy atom. The highest BCUT2D eigenvalue weighted by molar-refractivity contribution is 5.90. The average Bonchev–Trinajstić information content (AvgIpc) is 3.55. The van der Waals surface area contributed by atoms with E-state index in [-0.39, 0.29) is 24.3 Å². The molecule has 3 N–H and O–H groups in total. The van der Waals surface area contributed by atoms with Crippen LogP contribution in [0.25, 0.3) is 22.3 Å². The van der Waals surface area contributed by atoms with Crippen molar-refractivity contribution in [1.29, 1.82) is 0 Å². The van der Waals surface area contributed by atoms with Gasteiger partial charge in [-0.3, -0.25) is 4.79 Å². The van der Waals surface area contributed by atoms with Crippen molar-refractivity contribution in [3.8, 4) is 17.1 Å². The predicted molar refractivity (Wildman–Crippen MR) is 116 cm³/mol. The van der Waals surface area contributed by atoms with Gasteiger partial charge in [0.25, 0.3) is 5.56 Å². The lowest BCUT2D eigenvalue weighted by molar-refractivity contribution is -0.172. The quantitative estimate of drug-likeness (QED) is 0.422. The largest absolute Gasteiger partial charge is 0.507 e. The zero-order chi connectivity index (χ0) is 22.2. The zero-order valence-electron chi connectivity index (χ0n) is 17.6. The fourth-order valence-corrected chi connectivity index (χ4v) is 4.77. The average molecular weight is 433 g/mol. The van der Waals surface area contributed by atoms with Crippen LogP contribution >= 0.6 is 0 Å². The number of nitrogens with zero attached hydrogens (tertiary/aromatic N) is 2. The number of pyridine rings is 2. The topological polar surface area (TPSA) is 114 Å². The Morgan fingerprint density at radius 1 is 1.28 bits per heavy atom. The van der Waals surface area contributed by atoms with Crippen molar-refractivity contribution in [3.05, 3.63) is 56.9 Å². The number of ether oxygens (including phenoxy) is 1. The van der Waals surface area contributed by atoms with Gasteiger partial charge in [0.2, 0.25) is 0 Å². The van der Waals surface area contributed by atoms with Gasteiger partial charge in [-0.1, -0.05) is 13.0 Å².